The average molecular weight is 758 g/mol. The van der Waals surface area contributed by atoms with Gasteiger partial charge in [-0.3, -0.25) is 13.8 Å². The zero-order valence-electron chi connectivity index (χ0n) is 34.8. The third-order valence-corrected chi connectivity index (χ3v) is 10.6. The lowest BCUT2D eigenvalue weighted by molar-refractivity contribution is -0.870. The first-order chi connectivity index (χ1) is 25.0. The summed E-state index contributed by atoms with van der Waals surface area (Å²) < 4.78 is 23.5. The van der Waals surface area contributed by atoms with Crippen LogP contribution in [-0.2, 0) is 18.4 Å². The van der Waals surface area contributed by atoms with Crippen molar-refractivity contribution >= 4 is 13.7 Å². The summed E-state index contributed by atoms with van der Waals surface area (Å²) in [5, 5.41) is 13.8. The number of unbranched alkanes of at least 4 members (excludes halogenated alkanes) is 24. The first-order valence-electron chi connectivity index (χ1n) is 21.7. The lowest BCUT2D eigenvalue weighted by atomic mass is 10.0. The molecule has 0 heterocycles. The van der Waals surface area contributed by atoms with E-state index in [2.05, 4.69) is 31.3 Å². The number of rotatable bonds is 39. The highest BCUT2D eigenvalue weighted by atomic mass is 31.2. The highest BCUT2D eigenvalue weighted by Gasteiger charge is 2.27. The number of allylic oxidation sites excluding steroid dienone is 3. The maximum atomic E-state index is 12.8. The minimum absolute atomic E-state index is 0.0615. The Hall–Kier alpha value is -1.02. The van der Waals surface area contributed by atoms with Crippen LogP contribution >= 0.6 is 7.82 Å². The van der Waals surface area contributed by atoms with E-state index in [1.165, 1.54) is 135 Å². The second-order valence-electron chi connectivity index (χ2n) is 16.1. The van der Waals surface area contributed by atoms with Gasteiger partial charge in [0.05, 0.1) is 39.9 Å². The summed E-state index contributed by atoms with van der Waals surface area (Å²) in [6.45, 7) is 4.80. The topological polar surface area (TPSA) is 105 Å². The number of likely N-dealkylation sites (N-methyl/N-ethyl adjacent to an activating group) is 1. The van der Waals surface area contributed by atoms with Gasteiger partial charge in [-0.1, -0.05) is 167 Å². The Kier molecular flexibility index (Phi) is 35.0. The van der Waals surface area contributed by atoms with Gasteiger partial charge in [0.25, 0.3) is 0 Å². The standard InChI is InChI=1S/C43H85N2O6P/c1-6-8-10-12-14-16-18-20-21-22-23-24-25-27-29-31-33-35-37-43(47)44-41(40-51-52(48,49)50-39-38-45(3,4)5)42(46)36-34-32-30-28-26-19-17-15-13-11-9-7-2/h21-22,34,36,41-42,46H,6-20,23-33,35,37-40H2,1-5H3,(H-,44,47,48,49)/p+1/b22-21-,36-34+. The minimum atomic E-state index is -4.33. The molecule has 1 amide bonds. The Morgan fingerprint density at radius 3 is 1.48 bits per heavy atom. The number of quaternary nitrogens is 1. The molecule has 0 aromatic heterocycles. The molecule has 3 N–H and O–H groups in total. The molecule has 0 radical (unpaired) electrons. The summed E-state index contributed by atoms with van der Waals surface area (Å²) in [6.07, 6.45) is 40.9. The van der Waals surface area contributed by atoms with E-state index in [1.807, 2.05) is 27.2 Å². The van der Waals surface area contributed by atoms with Gasteiger partial charge in [-0.2, -0.15) is 0 Å². The smallest absolute Gasteiger partial charge is 0.387 e. The van der Waals surface area contributed by atoms with E-state index in [1.54, 1.807) is 6.08 Å². The largest absolute Gasteiger partial charge is 0.472 e. The molecule has 0 aromatic rings. The van der Waals surface area contributed by atoms with Gasteiger partial charge in [-0.15, -0.1) is 0 Å². The second-order valence-corrected chi connectivity index (χ2v) is 17.5. The highest BCUT2D eigenvalue weighted by molar-refractivity contribution is 7.47. The first kappa shape index (κ1) is 51.0. The summed E-state index contributed by atoms with van der Waals surface area (Å²) in [6, 6.07) is -0.844. The number of aliphatic hydroxyl groups excluding tert-OH is 1. The van der Waals surface area contributed by atoms with Crippen LogP contribution in [-0.4, -0.2) is 73.4 Å². The number of hydrogen-bond acceptors (Lipinski definition) is 5. The number of nitrogens with one attached hydrogen (secondary N) is 1. The number of amides is 1. The predicted octanol–water partition coefficient (Wildman–Crippen LogP) is 11.7. The Balaban J connectivity index is 4.40. The van der Waals surface area contributed by atoms with Gasteiger partial charge in [-0.25, -0.2) is 4.57 Å². The lowest BCUT2D eigenvalue weighted by Gasteiger charge is -2.25. The van der Waals surface area contributed by atoms with Crippen molar-refractivity contribution in [2.75, 3.05) is 40.9 Å². The van der Waals surface area contributed by atoms with Crippen LogP contribution in [0.2, 0.25) is 0 Å². The summed E-state index contributed by atoms with van der Waals surface area (Å²) in [4.78, 5) is 23.1. The van der Waals surface area contributed by atoms with Crippen LogP contribution in [0, 0.1) is 0 Å². The molecule has 0 aliphatic carbocycles. The maximum absolute atomic E-state index is 12.8. The molecule has 0 aromatic carbocycles. The Bertz CT molecular complexity index is 907. The normalized spacial score (nSPS) is 14.7. The van der Waals surface area contributed by atoms with Crippen molar-refractivity contribution in [1.29, 1.82) is 0 Å². The summed E-state index contributed by atoms with van der Waals surface area (Å²) in [5.74, 6) is -0.183. The molecule has 0 bridgehead atoms. The second kappa shape index (κ2) is 35.7. The van der Waals surface area contributed by atoms with Crippen molar-refractivity contribution in [1.82, 2.24) is 5.32 Å². The monoisotopic (exact) mass is 758 g/mol. The van der Waals surface area contributed by atoms with Crippen LogP contribution in [0.4, 0.5) is 0 Å². The molecular weight excluding hydrogens is 671 g/mol. The van der Waals surface area contributed by atoms with E-state index in [-0.39, 0.29) is 19.1 Å². The molecule has 3 atom stereocenters. The molecule has 308 valence electrons. The van der Waals surface area contributed by atoms with Crippen LogP contribution in [0.1, 0.15) is 194 Å². The molecule has 52 heavy (non-hydrogen) atoms. The van der Waals surface area contributed by atoms with Gasteiger partial charge in [0, 0.05) is 6.42 Å². The van der Waals surface area contributed by atoms with Gasteiger partial charge in [0.2, 0.25) is 5.91 Å². The summed E-state index contributed by atoms with van der Waals surface area (Å²) >= 11 is 0. The van der Waals surface area contributed by atoms with Gasteiger partial charge in [-0.05, 0) is 44.9 Å². The number of carbonyl (C=O) groups excluding carboxylic acids is 1. The molecule has 0 saturated heterocycles. The van der Waals surface area contributed by atoms with Gasteiger partial charge >= 0.3 is 7.82 Å². The minimum Gasteiger partial charge on any atom is -0.387 e. The first-order valence-corrected chi connectivity index (χ1v) is 23.2. The number of phosphoric ester groups is 1. The van der Waals surface area contributed by atoms with Crippen molar-refractivity contribution in [3.63, 3.8) is 0 Å². The molecule has 0 rings (SSSR count). The summed E-state index contributed by atoms with van der Waals surface area (Å²) in [7, 11) is 1.57. The summed E-state index contributed by atoms with van der Waals surface area (Å²) in [5.41, 5.74) is 0. The molecule has 8 nitrogen and oxygen atoms in total. The third-order valence-electron chi connectivity index (χ3n) is 9.67. The van der Waals surface area contributed by atoms with Gasteiger partial charge in [0.1, 0.15) is 13.2 Å². The van der Waals surface area contributed by atoms with E-state index in [0.29, 0.717) is 17.4 Å². The quantitative estimate of drug-likeness (QED) is 0.0250. The van der Waals surface area contributed by atoms with Crippen molar-refractivity contribution in [3.8, 4) is 0 Å². The molecular formula is C43H86N2O6P+. The van der Waals surface area contributed by atoms with Crippen molar-refractivity contribution in [2.24, 2.45) is 0 Å². The van der Waals surface area contributed by atoms with Gasteiger partial charge in [0.15, 0.2) is 0 Å². The fourth-order valence-corrected chi connectivity index (χ4v) is 6.89. The number of nitrogens with zero attached hydrogens (tertiary/aromatic N) is 1. The van der Waals surface area contributed by atoms with Crippen molar-refractivity contribution in [2.45, 2.75) is 206 Å². The third kappa shape index (κ3) is 37.3. The lowest BCUT2D eigenvalue weighted by Crippen LogP contribution is -2.45. The van der Waals surface area contributed by atoms with Gasteiger partial charge < -0.3 is 19.8 Å². The molecule has 0 aliphatic heterocycles. The van der Waals surface area contributed by atoms with Crippen LogP contribution in [0.15, 0.2) is 24.3 Å². The average Bonchev–Trinajstić information content (AvgIpc) is 3.09. The number of hydrogen-bond donors (Lipinski definition) is 3. The van der Waals surface area contributed by atoms with E-state index in [9.17, 15) is 19.4 Å². The van der Waals surface area contributed by atoms with E-state index < -0.39 is 20.0 Å². The van der Waals surface area contributed by atoms with Crippen LogP contribution < -0.4 is 5.32 Å². The van der Waals surface area contributed by atoms with E-state index in [4.69, 9.17) is 9.05 Å². The van der Waals surface area contributed by atoms with Crippen molar-refractivity contribution < 1.29 is 32.9 Å². The fraction of sp³-hybridized carbons (Fsp3) is 0.884. The molecule has 9 heteroatoms. The number of phosphoric acid groups is 1. The zero-order valence-corrected chi connectivity index (χ0v) is 35.7. The highest BCUT2D eigenvalue weighted by Crippen LogP contribution is 2.43. The Morgan fingerprint density at radius 2 is 1.04 bits per heavy atom. The van der Waals surface area contributed by atoms with Crippen LogP contribution in [0.25, 0.3) is 0 Å². The Labute approximate surface area is 322 Å². The van der Waals surface area contributed by atoms with E-state index in [0.717, 1.165) is 38.5 Å². The number of aliphatic hydroxyl groups is 1. The Morgan fingerprint density at radius 1 is 0.635 bits per heavy atom. The molecule has 0 spiro atoms. The van der Waals surface area contributed by atoms with Crippen molar-refractivity contribution in [3.05, 3.63) is 24.3 Å². The number of carbonyl (C=O) groups is 1. The molecule has 0 aliphatic rings. The van der Waals surface area contributed by atoms with Crippen LogP contribution in [0.5, 0.6) is 0 Å². The molecule has 0 saturated carbocycles. The van der Waals surface area contributed by atoms with E-state index >= 15 is 0 Å². The zero-order chi connectivity index (χ0) is 38.6. The molecule has 0 fully saturated rings. The maximum Gasteiger partial charge on any atom is 0.472 e. The SMILES string of the molecule is CCCCCCCCC/C=C\CCCCCCCCCC(=O)NC(COP(=O)(O)OCC[N+](C)(C)C)C(O)/C=C/CCCCCCCCCCCC. The predicted molar refractivity (Wildman–Crippen MR) is 221 cm³/mol. The fourth-order valence-electron chi connectivity index (χ4n) is 6.15. The molecule has 3 unspecified atom stereocenters. The van der Waals surface area contributed by atoms with Crippen LogP contribution in [0.3, 0.4) is 0 Å².